The van der Waals surface area contributed by atoms with Gasteiger partial charge in [-0.05, 0) is 17.7 Å². The molecule has 0 saturated carbocycles. The first-order chi connectivity index (χ1) is 10.1. The van der Waals surface area contributed by atoms with E-state index in [4.69, 9.17) is 14.6 Å². The second kappa shape index (κ2) is 7.56. The molecule has 1 N–H and O–H groups in total. The van der Waals surface area contributed by atoms with Gasteiger partial charge in [0.1, 0.15) is 11.5 Å². The predicted molar refractivity (Wildman–Crippen MR) is 83.3 cm³/mol. The molecule has 1 aromatic rings. The molecule has 0 radical (unpaired) electrons. The third-order valence-corrected chi connectivity index (χ3v) is 4.65. The molecule has 0 aliphatic carbocycles. The van der Waals surface area contributed by atoms with Crippen molar-refractivity contribution in [1.82, 2.24) is 4.90 Å². The standard InChI is InChI=1S/C15H21NO4S/c1-19-13-5-11(6-14(8-13)20-2)9-16-3-4-21-10-12(16)7-15(17)18/h5-6,8,12H,3-4,7,9-10H2,1-2H3,(H,17,18). The van der Waals surface area contributed by atoms with Crippen molar-refractivity contribution in [2.24, 2.45) is 0 Å². The van der Waals surface area contributed by atoms with Crippen LogP contribution < -0.4 is 9.47 Å². The molecule has 21 heavy (non-hydrogen) atoms. The second-order valence-corrected chi connectivity index (χ2v) is 6.17. The summed E-state index contributed by atoms with van der Waals surface area (Å²) < 4.78 is 10.6. The van der Waals surface area contributed by atoms with E-state index in [1.165, 1.54) is 0 Å². The fourth-order valence-corrected chi connectivity index (χ4v) is 3.61. The summed E-state index contributed by atoms with van der Waals surface area (Å²) in [5.41, 5.74) is 1.08. The molecule has 1 aliphatic heterocycles. The predicted octanol–water partition coefficient (Wildman–Crippen LogP) is 2.10. The summed E-state index contributed by atoms with van der Waals surface area (Å²) in [6.45, 7) is 1.62. The van der Waals surface area contributed by atoms with Crippen LogP contribution in [0.4, 0.5) is 0 Å². The van der Waals surface area contributed by atoms with Gasteiger partial charge in [0.05, 0.1) is 20.6 Å². The summed E-state index contributed by atoms with van der Waals surface area (Å²) in [7, 11) is 3.26. The van der Waals surface area contributed by atoms with Crippen LogP contribution in [0.25, 0.3) is 0 Å². The van der Waals surface area contributed by atoms with E-state index in [0.29, 0.717) is 6.54 Å². The molecule has 1 fully saturated rings. The van der Waals surface area contributed by atoms with Gasteiger partial charge in [-0.15, -0.1) is 0 Å². The molecular formula is C15H21NO4S. The number of thioether (sulfide) groups is 1. The van der Waals surface area contributed by atoms with E-state index in [0.717, 1.165) is 35.1 Å². The molecule has 0 spiro atoms. The number of aliphatic carboxylic acids is 1. The van der Waals surface area contributed by atoms with E-state index >= 15 is 0 Å². The van der Waals surface area contributed by atoms with Crippen LogP contribution in [0.5, 0.6) is 11.5 Å². The van der Waals surface area contributed by atoms with E-state index in [1.807, 2.05) is 30.0 Å². The number of ether oxygens (including phenoxy) is 2. The second-order valence-electron chi connectivity index (χ2n) is 5.02. The van der Waals surface area contributed by atoms with Gasteiger partial charge in [-0.3, -0.25) is 9.69 Å². The zero-order valence-electron chi connectivity index (χ0n) is 12.4. The van der Waals surface area contributed by atoms with Gasteiger partial charge >= 0.3 is 5.97 Å². The Bertz CT molecular complexity index is 472. The number of nitrogens with zero attached hydrogens (tertiary/aromatic N) is 1. The van der Waals surface area contributed by atoms with Gasteiger partial charge in [0.25, 0.3) is 0 Å². The Morgan fingerprint density at radius 1 is 1.33 bits per heavy atom. The van der Waals surface area contributed by atoms with Crippen LogP contribution >= 0.6 is 11.8 Å². The Morgan fingerprint density at radius 2 is 2.00 bits per heavy atom. The molecule has 1 unspecified atom stereocenters. The number of rotatable bonds is 6. The molecule has 6 heteroatoms. The lowest BCUT2D eigenvalue weighted by Crippen LogP contribution is -2.42. The van der Waals surface area contributed by atoms with Crippen molar-refractivity contribution in [2.45, 2.75) is 19.0 Å². The third-order valence-electron chi connectivity index (χ3n) is 3.56. The highest BCUT2D eigenvalue weighted by atomic mass is 32.2. The quantitative estimate of drug-likeness (QED) is 0.868. The smallest absolute Gasteiger partial charge is 0.304 e. The van der Waals surface area contributed by atoms with Crippen molar-refractivity contribution in [3.05, 3.63) is 23.8 Å². The maximum absolute atomic E-state index is 11.0. The molecule has 5 nitrogen and oxygen atoms in total. The first kappa shape index (κ1) is 16.0. The van der Waals surface area contributed by atoms with Gasteiger partial charge in [0, 0.05) is 36.7 Å². The van der Waals surface area contributed by atoms with E-state index in [2.05, 4.69) is 4.90 Å². The maximum atomic E-state index is 11.0. The topological polar surface area (TPSA) is 59.0 Å². The molecular weight excluding hydrogens is 290 g/mol. The molecule has 1 saturated heterocycles. The Balaban J connectivity index is 2.12. The summed E-state index contributed by atoms with van der Waals surface area (Å²) in [6.07, 6.45) is 0.189. The van der Waals surface area contributed by atoms with Crippen molar-refractivity contribution in [3.63, 3.8) is 0 Å². The normalized spacial score (nSPS) is 19.2. The number of carbonyl (C=O) groups is 1. The van der Waals surface area contributed by atoms with E-state index in [9.17, 15) is 4.79 Å². The summed E-state index contributed by atoms with van der Waals surface area (Å²) in [5.74, 6) is 2.68. The van der Waals surface area contributed by atoms with Crippen molar-refractivity contribution < 1.29 is 19.4 Å². The minimum atomic E-state index is -0.740. The van der Waals surface area contributed by atoms with Crippen molar-refractivity contribution >= 4 is 17.7 Å². The van der Waals surface area contributed by atoms with Gasteiger partial charge in [0.2, 0.25) is 0 Å². The van der Waals surface area contributed by atoms with Crippen LogP contribution in [0.15, 0.2) is 18.2 Å². The van der Waals surface area contributed by atoms with Crippen LogP contribution in [-0.4, -0.2) is 54.3 Å². The van der Waals surface area contributed by atoms with Crippen LogP contribution in [0.1, 0.15) is 12.0 Å². The number of hydrogen-bond acceptors (Lipinski definition) is 5. The van der Waals surface area contributed by atoms with Gasteiger partial charge in [-0.1, -0.05) is 0 Å². The van der Waals surface area contributed by atoms with Gasteiger partial charge in [0.15, 0.2) is 0 Å². The number of benzene rings is 1. The summed E-state index contributed by atoms with van der Waals surface area (Å²) in [6, 6.07) is 5.87. The minimum absolute atomic E-state index is 0.0819. The van der Waals surface area contributed by atoms with Crippen molar-refractivity contribution in [3.8, 4) is 11.5 Å². The molecule has 0 amide bonds. The first-order valence-electron chi connectivity index (χ1n) is 6.88. The molecule has 1 atom stereocenters. The molecule has 1 aliphatic rings. The Kier molecular flexibility index (Phi) is 5.76. The van der Waals surface area contributed by atoms with Crippen LogP contribution in [0.3, 0.4) is 0 Å². The minimum Gasteiger partial charge on any atom is -0.497 e. The van der Waals surface area contributed by atoms with Crippen LogP contribution in [0, 0.1) is 0 Å². The van der Waals surface area contributed by atoms with E-state index in [-0.39, 0.29) is 12.5 Å². The number of carboxylic acids is 1. The first-order valence-corrected chi connectivity index (χ1v) is 8.03. The monoisotopic (exact) mass is 311 g/mol. The van der Waals surface area contributed by atoms with Crippen LogP contribution in [-0.2, 0) is 11.3 Å². The zero-order valence-corrected chi connectivity index (χ0v) is 13.2. The highest BCUT2D eigenvalue weighted by Crippen LogP contribution is 2.26. The number of hydrogen-bond donors (Lipinski definition) is 1. The van der Waals surface area contributed by atoms with Gasteiger partial charge in [-0.2, -0.15) is 11.8 Å². The summed E-state index contributed by atoms with van der Waals surface area (Å²) in [4.78, 5) is 13.2. The lowest BCUT2D eigenvalue weighted by molar-refractivity contribution is -0.138. The summed E-state index contributed by atoms with van der Waals surface area (Å²) in [5, 5.41) is 9.04. The van der Waals surface area contributed by atoms with E-state index in [1.54, 1.807) is 14.2 Å². The number of carboxylic acid groups (broad SMARTS) is 1. The fraction of sp³-hybridized carbons (Fsp3) is 0.533. The van der Waals surface area contributed by atoms with Crippen molar-refractivity contribution in [2.75, 3.05) is 32.3 Å². The molecule has 1 heterocycles. The molecule has 0 aromatic heterocycles. The summed E-state index contributed by atoms with van der Waals surface area (Å²) >= 11 is 1.82. The lowest BCUT2D eigenvalue weighted by atomic mass is 10.1. The Labute approximate surface area is 129 Å². The van der Waals surface area contributed by atoms with Gasteiger partial charge in [-0.25, -0.2) is 0 Å². The van der Waals surface area contributed by atoms with Crippen LogP contribution in [0.2, 0.25) is 0 Å². The molecule has 1 aromatic carbocycles. The SMILES string of the molecule is COc1cc(CN2CCSCC2CC(=O)O)cc(OC)c1. The fourth-order valence-electron chi connectivity index (χ4n) is 2.48. The average molecular weight is 311 g/mol. The highest BCUT2D eigenvalue weighted by Gasteiger charge is 2.25. The zero-order chi connectivity index (χ0) is 15.2. The molecule has 2 rings (SSSR count). The molecule has 116 valence electrons. The van der Waals surface area contributed by atoms with E-state index < -0.39 is 5.97 Å². The average Bonchev–Trinajstić information content (AvgIpc) is 2.48. The Hall–Kier alpha value is -1.40. The third kappa shape index (κ3) is 4.54. The maximum Gasteiger partial charge on any atom is 0.304 e. The largest absolute Gasteiger partial charge is 0.497 e. The number of methoxy groups -OCH3 is 2. The van der Waals surface area contributed by atoms with Gasteiger partial charge < -0.3 is 14.6 Å². The lowest BCUT2D eigenvalue weighted by Gasteiger charge is -2.34. The highest BCUT2D eigenvalue weighted by molar-refractivity contribution is 7.99. The van der Waals surface area contributed by atoms with Crippen molar-refractivity contribution in [1.29, 1.82) is 0 Å². The Morgan fingerprint density at radius 3 is 2.57 bits per heavy atom. The molecule has 0 bridgehead atoms.